The molecule has 0 amide bonds. The largest absolute Gasteiger partial charge is 0.489 e. The van der Waals surface area contributed by atoms with Gasteiger partial charge < -0.3 is 15.2 Å². The summed E-state index contributed by atoms with van der Waals surface area (Å²) in [5, 5.41) is 12.8. The molecule has 0 aliphatic carbocycles. The van der Waals surface area contributed by atoms with Gasteiger partial charge in [0.05, 0.1) is 18.9 Å². The fourth-order valence-corrected chi connectivity index (χ4v) is 2.06. The maximum Gasteiger partial charge on any atom is 0.356 e. The Morgan fingerprint density at radius 1 is 1.13 bits per heavy atom. The number of carboxylic acid groups (broad SMARTS) is 1. The highest BCUT2D eigenvalue weighted by Crippen LogP contribution is 2.22. The summed E-state index contributed by atoms with van der Waals surface area (Å²) in [4.78, 5) is 22.8. The molecule has 0 bridgehead atoms. The Labute approximate surface area is 132 Å². The van der Waals surface area contributed by atoms with E-state index in [1.807, 2.05) is 30.3 Å². The van der Waals surface area contributed by atoms with Gasteiger partial charge in [-0.3, -0.25) is 4.98 Å². The number of anilines is 1. The molecule has 0 saturated carbocycles. The van der Waals surface area contributed by atoms with E-state index in [1.165, 1.54) is 12.4 Å². The smallest absolute Gasteiger partial charge is 0.356 e. The first-order chi connectivity index (χ1) is 11.2. The van der Waals surface area contributed by atoms with Crippen molar-refractivity contribution in [1.82, 2.24) is 15.0 Å². The number of rotatable bonds is 6. The van der Waals surface area contributed by atoms with Gasteiger partial charge in [-0.1, -0.05) is 18.2 Å². The number of para-hydroxylation sites is 1. The van der Waals surface area contributed by atoms with Crippen molar-refractivity contribution < 1.29 is 14.6 Å². The number of aromatic carboxylic acids is 1. The molecule has 1 aromatic carbocycles. The van der Waals surface area contributed by atoms with E-state index in [0.717, 1.165) is 16.7 Å². The zero-order valence-corrected chi connectivity index (χ0v) is 12.1. The lowest BCUT2D eigenvalue weighted by atomic mass is 10.2. The summed E-state index contributed by atoms with van der Waals surface area (Å²) in [6, 6.07) is 9.63. The lowest BCUT2D eigenvalue weighted by Crippen LogP contribution is -2.13. The topological polar surface area (TPSA) is 97.2 Å². The number of benzene rings is 1. The number of pyridine rings is 1. The van der Waals surface area contributed by atoms with E-state index in [9.17, 15) is 4.79 Å². The minimum absolute atomic E-state index is 0.0892. The molecule has 0 unspecified atom stereocenters. The lowest BCUT2D eigenvalue weighted by molar-refractivity contribution is 0.0690. The highest BCUT2D eigenvalue weighted by molar-refractivity contribution is 5.85. The molecule has 2 heterocycles. The molecule has 7 nitrogen and oxygen atoms in total. The predicted molar refractivity (Wildman–Crippen MR) is 84.7 cm³/mol. The molecule has 3 aromatic rings. The maximum absolute atomic E-state index is 10.7. The van der Waals surface area contributed by atoms with Crippen LogP contribution in [0.5, 0.6) is 5.75 Å². The minimum Gasteiger partial charge on any atom is -0.489 e. The Morgan fingerprint density at radius 2 is 2.00 bits per heavy atom. The molecular formula is C16H14N4O3. The van der Waals surface area contributed by atoms with Gasteiger partial charge in [-0.2, -0.15) is 0 Å². The molecule has 0 saturated heterocycles. The monoisotopic (exact) mass is 310 g/mol. The molecule has 0 fully saturated rings. The van der Waals surface area contributed by atoms with Gasteiger partial charge in [0, 0.05) is 11.6 Å². The van der Waals surface area contributed by atoms with Gasteiger partial charge in [-0.05, 0) is 12.1 Å². The Kier molecular flexibility index (Phi) is 4.28. The summed E-state index contributed by atoms with van der Waals surface area (Å²) < 4.78 is 5.74. The average Bonchev–Trinajstić information content (AvgIpc) is 2.59. The third kappa shape index (κ3) is 3.52. The van der Waals surface area contributed by atoms with E-state index >= 15 is 0 Å². The molecule has 0 atom stereocenters. The SMILES string of the molecule is O=C(O)c1cnc(NCCOc2cccc3cccnc23)cn1. The van der Waals surface area contributed by atoms with Crippen LogP contribution in [0.15, 0.2) is 48.9 Å². The van der Waals surface area contributed by atoms with Crippen LogP contribution in [-0.4, -0.2) is 39.2 Å². The van der Waals surface area contributed by atoms with Gasteiger partial charge in [0.1, 0.15) is 23.7 Å². The molecule has 0 aliphatic rings. The lowest BCUT2D eigenvalue weighted by Gasteiger charge is -2.09. The molecule has 116 valence electrons. The van der Waals surface area contributed by atoms with E-state index in [2.05, 4.69) is 20.3 Å². The van der Waals surface area contributed by atoms with Crippen molar-refractivity contribution in [2.75, 3.05) is 18.5 Å². The van der Waals surface area contributed by atoms with Crippen LogP contribution in [0.4, 0.5) is 5.82 Å². The summed E-state index contributed by atoms with van der Waals surface area (Å²) in [5.74, 6) is 0.114. The first-order valence-electron chi connectivity index (χ1n) is 7.00. The van der Waals surface area contributed by atoms with Crippen LogP contribution in [0.3, 0.4) is 0 Å². The summed E-state index contributed by atoms with van der Waals surface area (Å²) in [7, 11) is 0. The van der Waals surface area contributed by atoms with Crippen LogP contribution in [0, 0.1) is 0 Å². The number of carbonyl (C=O) groups is 1. The number of carboxylic acids is 1. The zero-order valence-electron chi connectivity index (χ0n) is 12.1. The Bertz CT molecular complexity index is 816. The van der Waals surface area contributed by atoms with Crippen molar-refractivity contribution in [1.29, 1.82) is 0 Å². The number of nitrogens with zero attached hydrogens (tertiary/aromatic N) is 3. The number of aromatic nitrogens is 3. The normalized spacial score (nSPS) is 10.4. The van der Waals surface area contributed by atoms with Crippen LogP contribution in [0.25, 0.3) is 10.9 Å². The van der Waals surface area contributed by atoms with E-state index < -0.39 is 5.97 Å². The molecule has 2 N–H and O–H groups in total. The second kappa shape index (κ2) is 6.69. The zero-order chi connectivity index (χ0) is 16.1. The van der Waals surface area contributed by atoms with Crippen LogP contribution in [0.2, 0.25) is 0 Å². The number of ether oxygens (including phenoxy) is 1. The van der Waals surface area contributed by atoms with E-state index in [-0.39, 0.29) is 5.69 Å². The van der Waals surface area contributed by atoms with Crippen molar-refractivity contribution in [2.45, 2.75) is 0 Å². The molecular weight excluding hydrogens is 296 g/mol. The van der Waals surface area contributed by atoms with E-state index in [4.69, 9.17) is 9.84 Å². The van der Waals surface area contributed by atoms with E-state index in [0.29, 0.717) is 19.0 Å². The second-order valence-electron chi connectivity index (χ2n) is 4.70. The van der Waals surface area contributed by atoms with Gasteiger partial charge in [0.15, 0.2) is 5.69 Å². The first-order valence-corrected chi connectivity index (χ1v) is 7.00. The van der Waals surface area contributed by atoms with E-state index in [1.54, 1.807) is 6.20 Å². The fraction of sp³-hybridized carbons (Fsp3) is 0.125. The Balaban J connectivity index is 1.56. The summed E-state index contributed by atoms with van der Waals surface area (Å²) in [5.41, 5.74) is 0.731. The average molecular weight is 310 g/mol. The molecule has 2 aromatic heterocycles. The highest BCUT2D eigenvalue weighted by atomic mass is 16.5. The number of hydrogen-bond acceptors (Lipinski definition) is 6. The molecule has 7 heteroatoms. The quantitative estimate of drug-likeness (QED) is 0.674. The van der Waals surface area contributed by atoms with Gasteiger partial charge in [-0.15, -0.1) is 0 Å². The summed E-state index contributed by atoms with van der Waals surface area (Å²) in [6.07, 6.45) is 4.32. The summed E-state index contributed by atoms with van der Waals surface area (Å²) >= 11 is 0. The molecule has 0 spiro atoms. The van der Waals surface area contributed by atoms with Gasteiger partial charge in [0.2, 0.25) is 0 Å². The van der Waals surface area contributed by atoms with Crippen molar-refractivity contribution in [2.24, 2.45) is 0 Å². The molecule has 0 radical (unpaired) electrons. The molecule has 3 rings (SSSR count). The first kappa shape index (κ1) is 14.7. The Morgan fingerprint density at radius 3 is 2.78 bits per heavy atom. The molecule has 23 heavy (non-hydrogen) atoms. The Hall–Kier alpha value is -3.22. The van der Waals surface area contributed by atoms with Crippen molar-refractivity contribution in [3.8, 4) is 5.75 Å². The minimum atomic E-state index is -1.10. The van der Waals surface area contributed by atoms with Gasteiger partial charge in [-0.25, -0.2) is 14.8 Å². The van der Waals surface area contributed by atoms with Crippen molar-refractivity contribution in [3.05, 3.63) is 54.6 Å². The van der Waals surface area contributed by atoms with Crippen LogP contribution < -0.4 is 10.1 Å². The van der Waals surface area contributed by atoms with Crippen LogP contribution in [-0.2, 0) is 0 Å². The molecule has 0 aliphatic heterocycles. The van der Waals surface area contributed by atoms with Crippen LogP contribution in [0.1, 0.15) is 10.5 Å². The van der Waals surface area contributed by atoms with Gasteiger partial charge in [0.25, 0.3) is 0 Å². The van der Waals surface area contributed by atoms with Crippen molar-refractivity contribution >= 4 is 22.7 Å². The third-order valence-corrected chi connectivity index (χ3v) is 3.13. The second-order valence-corrected chi connectivity index (χ2v) is 4.70. The maximum atomic E-state index is 10.7. The van der Waals surface area contributed by atoms with Crippen LogP contribution >= 0.6 is 0 Å². The van der Waals surface area contributed by atoms with Crippen molar-refractivity contribution in [3.63, 3.8) is 0 Å². The fourth-order valence-electron chi connectivity index (χ4n) is 2.06. The number of nitrogens with one attached hydrogen (secondary N) is 1. The van der Waals surface area contributed by atoms with Gasteiger partial charge >= 0.3 is 5.97 Å². The highest BCUT2D eigenvalue weighted by Gasteiger charge is 2.05. The number of hydrogen-bond donors (Lipinski definition) is 2. The summed E-state index contributed by atoms with van der Waals surface area (Å²) in [6.45, 7) is 0.919. The standard InChI is InChI=1S/C16H14N4O3/c21-16(22)12-9-20-14(10-19-12)17-7-8-23-13-5-1-3-11-4-2-6-18-15(11)13/h1-6,9-10H,7-8H2,(H,17,20)(H,21,22). The predicted octanol–water partition coefficient (Wildman–Crippen LogP) is 2.21. The number of fused-ring (bicyclic) bond motifs is 1. The third-order valence-electron chi connectivity index (χ3n) is 3.13.